The van der Waals surface area contributed by atoms with E-state index in [4.69, 9.17) is 0 Å². The van der Waals surface area contributed by atoms with Crippen molar-refractivity contribution < 1.29 is 0 Å². The number of nitrogens with one attached hydrogen (secondary N) is 2. The highest BCUT2D eigenvalue weighted by Crippen LogP contribution is 2.22. The first-order valence-electron chi connectivity index (χ1n) is 7.36. The minimum absolute atomic E-state index is 1.02. The van der Waals surface area contributed by atoms with Crippen molar-refractivity contribution in [3.63, 3.8) is 0 Å². The molecule has 0 atom stereocenters. The molecule has 2 heteroatoms. The van der Waals surface area contributed by atoms with E-state index in [-0.39, 0.29) is 0 Å². The van der Waals surface area contributed by atoms with E-state index >= 15 is 0 Å². The van der Waals surface area contributed by atoms with Crippen LogP contribution in [0.3, 0.4) is 0 Å². The highest BCUT2D eigenvalue weighted by molar-refractivity contribution is 5.33. The van der Waals surface area contributed by atoms with Crippen molar-refractivity contribution in [2.75, 3.05) is 20.1 Å². The van der Waals surface area contributed by atoms with E-state index < -0.39 is 0 Å². The van der Waals surface area contributed by atoms with Crippen molar-refractivity contribution in [1.29, 1.82) is 0 Å². The number of benzene rings is 1. The second-order valence-corrected chi connectivity index (χ2v) is 5.30. The van der Waals surface area contributed by atoms with Gasteiger partial charge in [-0.3, -0.25) is 0 Å². The summed E-state index contributed by atoms with van der Waals surface area (Å²) in [6.45, 7) is 3.27. The molecule has 1 aliphatic rings. The second kappa shape index (κ2) is 7.55. The van der Waals surface area contributed by atoms with Crippen LogP contribution in [0.2, 0.25) is 0 Å². The first-order chi connectivity index (χ1) is 8.90. The van der Waals surface area contributed by atoms with Gasteiger partial charge in [-0.2, -0.15) is 0 Å². The molecule has 0 aromatic heterocycles. The molecule has 2 rings (SSSR count). The summed E-state index contributed by atoms with van der Waals surface area (Å²) in [5.41, 5.74) is 4.62. The monoisotopic (exact) mass is 246 g/mol. The molecule has 18 heavy (non-hydrogen) atoms. The maximum atomic E-state index is 3.54. The molecule has 0 bridgehead atoms. The third-order valence-corrected chi connectivity index (χ3v) is 3.77. The fourth-order valence-electron chi connectivity index (χ4n) is 2.68. The first-order valence-corrected chi connectivity index (χ1v) is 7.36. The van der Waals surface area contributed by atoms with E-state index in [0.717, 1.165) is 19.6 Å². The van der Waals surface area contributed by atoms with Gasteiger partial charge in [-0.15, -0.1) is 0 Å². The molecule has 0 unspecified atom stereocenters. The molecule has 0 spiro atoms. The van der Waals surface area contributed by atoms with Crippen LogP contribution < -0.4 is 10.6 Å². The second-order valence-electron chi connectivity index (χ2n) is 5.30. The topological polar surface area (TPSA) is 24.1 Å². The van der Waals surface area contributed by atoms with Crippen molar-refractivity contribution in [2.45, 2.75) is 45.1 Å². The normalized spacial score (nSPS) is 14.5. The standard InChI is InChI=1S/C16H26N2/c1-17-10-4-5-11-18-13-14-8-9-15-6-2-3-7-16(15)12-14/h8-9,12,17-18H,2-7,10-11,13H2,1H3. The van der Waals surface area contributed by atoms with Crippen LogP contribution in [-0.2, 0) is 19.4 Å². The van der Waals surface area contributed by atoms with Crippen LogP contribution in [0.1, 0.15) is 42.4 Å². The summed E-state index contributed by atoms with van der Waals surface area (Å²) in [6.07, 6.45) is 7.82. The lowest BCUT2D eigenvalue weighted by molar-refractivity contribution is 0.604. The SMILES string of the molecule is CNCCCCNCc1ccc2c(c1)CCCC2. The van der Waals surface area contributed by atoms with Gasteiger partial charge in [0.2, 0.25) is 0 Å². The lowest BCUT2D eigenvalue weighted by Gasteiger charge is -2.16. The molecule has 2 N–H and O–H groups in total. The van der Waals surface area contributed by atoms with Crippen LogP contribution in [0.15, 0.2) is 18.2 Å². The third kappa shape index (κ3) is 4.11. The molecule has 1 aliphatic carbocycles. The molecular weight excluding hydrogens is 220 g/mol. The molecule has 0 radical (unpaired) electrons. The summed E-state index contributed by atoms with van der Waals surface area (Å²) in [7, 11) is 2.01. The Bertz CT molecular complexity index is 360. The highest BCUT2D eigenvalue weighted by Gasteiger charge is 2.08. The molecule has 0 saturated heterocycles. The molecule has 100 valence electrons. The summed E-state index contributed by atoms with van der Waals surface area (Å²) in [6, 6.07) is 7.05. The van der Waals surface area contributed by atoms with Crippen molar-refractivity contribution in [1.82, 2.24) is 10.6 Å². The molecule has 1 aromatic carbocycles. The van der Waals surface area contributed by atoms with Gasteiger partial charge in [0, 0.05) is 6.54 Å². The van der Waals surface area contributed by atoms with Gasteiger partial charge in [0.05, 0.1) is 0 Å². The van der Waals surface area contributed by atoms with Crippen molar-refractivity contribution >= 4 is 0 Å². The van der Waals surface area contributed by atoms with E-state index in [1.165, 1.54) is 44.1 Å². The number of aryl methyl sites for hydroxylation is 2. The van der Waals surface area contributed by atoms with Crippen molar-refractivity contribution in [2.24, 2.45) is 0 Å². The van der Waals surface area contributed by atoms with Gasteiger partial charge in [-0.05, 0) is 75.4 Å². The van der Waals surface area contributed by atoms with Gasteiger partial charge in [0.15, 0.2) is 0 Å². The summed E-state index contributed by atoms with van der Waals surface area (Å²) < 4.78 is 0. The quantitative estimate of drug-likeness (QED) is 0.723. The van der Waals surface area contributed by atoms with Gasteiger partial charge >= 0.3 is 0 Å². The molecule has 2 nitrogen and oxygen atoms in total. The molecule has 0 saturated carbocycles. The maximum Gasteiger partial charge on any atom is 0.0205 e. The Morgan fingerprint density at radius 3 is 2.61 bits per heavy atom. The Balaban J connectivity index is 1.72. The third-order valence-electron chi connectivity index (χ3n) is 3.77. The van der Waals surface area contributed by atoms with Crippen LogP contribution in [0.5, 0.6) is 0 Å². The predicted molar refractivity (Wildman–Crippen MR) is 78.0 cm³/mol. The molecule has 0 aliphatic heterocycles. The minimum atomic E-state index is 1.02. The zero-order chi connectivity index (χ0) is 12.6. The molecule has 0 heterocycles. The molecule has 0 fully saturated rings. The van der Waals surface area contributed by atoms with Gasteiger partial charge in [-0.25, -0.2) is 0 Å². The van der Waals surface area contributed by atoms with E-state index in [1.807, 2.05) is 7.05 Å². The summed E-state index contributed by atoms with van der Waals surface area (Å²) in [5.74, 6) is 0. The summed E-state index contributed by atoms with van der Waals surface area (Å²) in [5, 5.41) is 6.72. The fourth-order valence-corrected chi connectivity index (χ4v) is 2.68. The van der Waals surface area contributed by atoms with Crippen LogP contribution in [0, 0.1) is 0 Å². The molecule has 1 aromatic rings. The minimum Gasteiger partial charge on any atom is -0.320 e. The zero-order valence-corrected chi connectivity index (χ0v) is 11.6. The van der Waals surface area contributed by atoms with Crippen molar-refractivity contribution in [3.8, 4) is 0 Å². The van der Waals surface area contributed by atoms with E-state index in [0.29, 0.717) is 0 Å². The number of unbranched alkanes of at least 4 members (excludes halogenated alkanes) is 1. The molecular formula is C16H26N2. The van der Waals surface area contributed by atoms with Gasteiger partial charge in [0.1, 0.15) is 0 Å². The number of hydrogen-bond acceptors (Lipinski definition) is 2. The average Bonchev–Trinajstić information content (AvgIpc) is 2.42. The lowest BCUT2D eigenvalue weighted by Crippen LogP contribution is -2.17. The van der Waals surface area contributed by atoms with Crippen LogP contribution in [0.25, 0.3) is 0 Å². The fraction of sp³-hybridized carbons (Fsp3) is 0.625. The average molecular weight is 246 g/mol. The largest absolute Gasteiger partial charge is 0.320 e. The predicted octanol–water partition coefficient (Wildman–Crippen LogP) is 2.65. The van der Waals surface area contributed by atoms with Crippen molar-refractivity contribution in [3.05, 3.63) is 34.9 Å². The Kier molecular flexibility index (Phi) is 5.69. The number of fused-ring (bicyclic) bond motifs is 1. The maximum absolute atomic E-state index is 3.54. The van der Waals surface area contributed by atoms with Crippen LogP contribution in [0.4, 0.5) is 0 Å². The first kappa shape index (κ1) is 13.6. The lowest BCUT2D eigenvalue weighted by atomic mass is 9.90. The van der Waals surface area contributed by atoms with Crippen LogP contribution >= 0.6 is 0 Å². The van der Waals surface area contributed by atoms with Gasteiger partial charge in [0.25, 0.3) is 0 Å². The van der Waals surface area contributed by atoms with E-state index in [9.17, 15) is 0 Å². The summed E-state index contributed by atoms with van der Waals surface area (Å²) >= 11 is 0. The Morgan fingerprint density at radius 2 is 1.78 bits per heavy atom. The zero-order valence-electron chi connectivity index (χ0n) is 11.6. The number of hydrogen-bond donors (Lipinski definition) is 2. The van der Waals surface area contributed by atoms with Gasteiger partial charge in [-0.1, -0.05) is 18.2 Å². The molecule has 0 amide bonds. The highest BCUT2D eigenvalue weighted by atomic mass is 14.8. The Hall–Kier alpha value is -0.860. The van der Waals surface area contributed by atoms with Gasteiger partial charge < -0.3 is 10.6 Å². The summed E-state index contributed by atoms with van der Waals surface area (Å²) in [4.78, 5) is 0. The van der Waals surface area contributed by atoms with E-state index in [2.05, 4.69) is 28.8 Å². The van der Waals surface area contributed by atoms with Crippen LogP contribution in [-0.4, -0.2) is 20.1 Å². The smallest absolute Gasteiger partial charge is 0.0205 e. The Morgan fingerprint density at radius 1 is 1.00 bits per heavy atom. The van der Waals surface area contributed by atoms with E-state index in [1.54, 1.807) is 11.1 Å². The Labute approximate surface area is 111 Å². The number of rotatable bonds is 7.